The summed E-state index contributed by atoms with van der Waals surface area (Å²) in [5, 5.41) is 0. The molecule has 0 amide bonds. The summed E-state index contributed by atoms with van der Waals surface area (Å²) in [6.07, 6.45) is 0. The molecule has 0 N–H and O–H groups in total. The standard InChI is InChI=1S/C16H13NO4/c18-15(20-11-12-6-2-1-3-7-12)10-17-13-8-4-5-9-14(13)21-16(17)19/h1-9H,10-11H2. The van der Waals surface area contributed by atoms with E-state index in [0.717, 1.165) is 5.56 Å². The predicted octanol–water partition coefficient (Wildman–Crippen LogP) is 2.34. The smallest absolute Gasteiger partial charge is 0.420 e. The number of oxazole rings is 1. The summed E-state index contributed by atoms with van der Waals surface area (Å²) in [5.41, 5.74) is 1.94. The van der Waals surface area contributed by atoms with Crippen LogP contribution in [-0.4, -0.2) is 10.5 Å². The van der Waals surface area contributed by atoms with E-state index in [4.69, 9.17) is 9.15 Å². The maximum atomic E-state index is 11.9. The molecule has 0 spiro atoms. The lowest BCUT2D eigenvalue weighted by Gasteiger charge is -2.05. The van der Waals surface area contributed by atoms with Crippen LogP contribution >= 0.6 is 0 Å². The highest BCUT2D eigenvalue weighted by Crippen LogP contribution is 2.11. The largest absolute Gasteiger partial charge is 0.459 e. The minimum Gasteiger partial charge on any atom is -0.459 e. The third-order valence-corrected chi connectivity index (χ3v) is 3.10. The molecule has 0 aliphatic heterocycles. The van der Waals surface area contributed by atoms with E-state index < -0.39 is 11.7 Å². The van der Waals surface area contributed by atoms with Gasteiger partial charge in [0.2, 0.25) is 0 Å². The molecule has 0 saturated heterocycles. The molecule has 5 heteroatoms. The highest BCUT2D eigenvalue weighted by molar-refractivity contribution is 5.76. The molecule has 21 heavy (non-hydrogen) atoms. The van der Waals surface area contributed by atoms with Gasteiger partial charge in [0.05, 0.1) is 5.52 Å². The predicted molar refractivity (Wildman–Crippen MR) is 76.7 cm³/mol. The first-order valence-electron chi connectivity index (χ1n) is 6.52. The zero-order valence-electron chi connectivity index (χ0n) is 11.2. The molecule has 0 aliphatic carbocycles. The van der Waals surface area contributed by atoms with E-state index in [0.29, 0.717) is 11.1 Å². The van der Waals surface area contributed by atoms with Gasteiger partial charge in [-0.2, -0.15) is 0 Å². The summed E-state index contributed by atoms with van der Waals surface area (Å²) in [5.74, 6) is -1.04. The number of aromatic nitrogens is 1. The molecule has 0 bridgehead atoms. The molecule has 2 aromatic carbocycles. The maximum Gasteiger partial charge on any atom is 0.420 e. The van der Waals surface area contributed by atoms with E-state index in [9.17, 15) is 9.59 Å². The number of benzene rings is 2. The molecule has 3 aromatic rings. The van der Waals surface area contributed by atoms with Crippen molar-refractivity contribution in [1.82, 2.24) is 4.57 Å². The molecule has 0 aliphatic rings. The van der Waals surface area contributed by atoms with Gasteiger partial charge < -0.3 is 9.15 Å². The van der Waals surface area contributed by atoms with E-state index in [1.807, 2.05) is 30.3 Å². The summed E-state index contributed by atoms with van der Waals surface area (Å²) in [6.45, 7) is 0.0207. The van der Waals surface area contributed by atoms with Gasteiger partial charge in [0.25, 0.3) is 0 Å². The Morgan fingerprint density at radius 2 is 1.76 bits per heavy atom. The fourth-order valence-corrected chi connectivity index (χ4v) is 2.08. The summed E-state index contributed by atoms with van der Waals surface area (Å²) in [4.78, 5) is 23.6. The van der Waals surface area contributed by atoms with Crippen molar-refractivity contribution in [3.05, 3.63) is 70.7 Å². The first-order chi connectivity index (χ1) is 10.2. The van der Waals surface area contributed by atoms with Crippen LogP contribution in [0.3, 0.4) is 0 Å². The Morgan fingerprint density at radius 3 is 2.57 bits per heavy atom. The van der Waals surface area contributed by atoms with Crippen LogP contribution in [0.1, 0.15) is 5.56 Å². The molecule has 5 nitrogen and oxygen atoms in total. The summed E-state index contributed by atoms with van der Waals surface area (Å²) in [6, 6.07) is 16.3. The first kappa shape index (κ1) is 13.2. The minimum atomic E-state index is -0.562. The van der Waals surface area contributed by atoms with Crippen molar-refractivity contribution < 1.29 is 13.9 Å². The quantitative estimate of drug-likeness (QED) is 0.689. The van der Waals surface area contributed by atoms with Gasteiger partial charge in [0.1, 0.15) is 13.2 Å². The van der Waals surface area contributed by atoms with Crippen LogP contribution in [0, 0.1) is 0 Å². The van der Waals surface area contributed by atoms with Gasteiger partial charge >= 0.3 is 11.7 Å². The number of hydrogen-bond acceptors (Lipinski definition) is 4. The number of esters is 1. The zero-order valence-corrected chi connectivity index (χ0v) is 11.2. The van der Waals surface area contributed by atoms with Crippen molar-refractivity contribution >= 4 is 17.1 Å². The van der Waals surface area contributed by atoms with E-state index in [1.165, 1.54) is 4.57 Å². The second-order valence-corrected chi connectivity index (χ2v) is 4.57. The van der Waals surface area contributed by atoms with E-state index >= 15 is 0 Å². The van der Waals surface area contributed by atoms with Gasteiger partial charge in [-0.05, 0) is 17.7 Å². The Labute approximate surface area is 120 Å². The lowest BCUT2D eigenvalue weighted by Crippen LogP contribution is -2.21. The third kappa shape index (κ3) is 2.86. The van der Waals surface area contributed by atoms with Crippen molar-refractivity contribution in [2.45, 2.75) is 13.2 Å². The highest BCUT2D eigenvalue weighted by atomic mass is 16.5. The maximum absolute atomic E-state index is 11.9. The molecule has 106 valence electrons. The molecular formula is C16H13NO4. The van der Waals surface area contributed by atoms with Crippen LogP contribution in [0.25, 0.3) is 11.1 Å². The van der Waals surface area contributed by atoms with Gasteiger partial charge in [-0.25, -0.2) is 4.79 Å². The second kappa shape index (κ2) is 5.66. The third-order valence-electron chi connectivity index (χ3n) is 3.10. The number of hydrogen-bond donors (Lipinski definition) is 0. The number of para-hydroxylation sites is 2. The van der Waals surface area contributed by atoms with Crippen LogP contribution in [0.5, 0.6) is 0 Å². The van der Waals surface area contributed by atoms with Crippen molar-refractivity contribution in [2.75, 3.05) is 0 Å². The fraction of sp³-hybridized carbons (Fsp3) is 0.125. The van der Waals surface area contributed by atoms with Crippen molar-refractivity contribution in [1.29, 1.82) is 0 Å². The Balaban J connectivity index is 1.72. The monoisotopic (exact) mass is 283 g/mol. The van der Waals surface area contributed by atoms with Crippen LogP contribution in [-0.2, 0) is 22.7 Å². The van der Waals surface area contributed by atoms with Crippen LogP contribution in [0.4, 0.5) is 0 Å². The number of nitrogens with zero attached hydrogens (tertiary/aromatic N) is 1. The molecule has 0 saturated carbocycles. The van der Waals surface area contributed by atoms with Crippen molar-refractivity contribution in [3.8, 4) is 0 Å². The number of ether oxygens (including phenoxy) is 1. The normalized spacial score (nSPS) is 10.7. The Morgan fingerprint density at radius 1 is 1.05 bits per heavy atom. The number of fused-ring (bicyclic) bond motifs is 1. The van der Waals surface area contributed by atoms with Crippen LogP contribution in [0.15, 0.2) is 63.8 Å². The summed E-state index contributed by atoms with van der Waals surface area (Å²) in [7, 11) is 0. The number of carbonyl (C=O) groups is 1. The number of rotatable bonds is 4. The minimum absolute atomic E-state index is 0.164. The Hall–Kier alpha value is -2.82. The summed E-state index contributed by atoms with van der Waals surface area (Å²) >= 11 is 0. The Bertz CT molecular complexity index is 817. The van der Waals surface area contributed by atoms with Gasteiger partial charge in [-0.1, -0.05) is 42.5 Å². The van der Waals surface area contributed by atoms with Crippen molar-refractivity contribution in [2.24, 2.45) is 0 Å². The molecule has 3 rings (SSSR count). The molecular weight excluding hydrogens is 270 g/mol. The lowest BCUT2D eigenvalue weighted by molar-refractivity contribution is -0.145. The highest BCUT2D eigenvalue weighted by Gasteiger charge is 2.13. The van der Waals surface area contributed by atoms with Crippen LogP contribution in [0.2, 0.25) is 0 Å². The van der Waals surface area contributed by atoms with E-state index in [-0.39, 0.29) is 13.2 Å². The first-order valence-corrected chi connectivity index (χ1v) is 6.52. The van der Waals surface area contributed by atoms with Gasteiger partial charge in [0.15, 0.2) is 5.58 Å². The SMILES string of the molecule is O=C(Cn1c(=O)oc2ccccc21)OCc1ccccc1. The van der Waals surface area contributed by atoms with Crippen molar-refractivity contribution in [3.63, 3.8) is 0 Å². The number of carbonyl (C=O) groups excluding carboxylic acids is 1. The topological polar surface area (TPSA) is 61.4 Å². The fourth-order valence-electron chi connectivity index (χ4n) is 2.08. The zero-order chi connectivity index (χ0) is 14.7. The van der Waals surface area contributed by atoms with E-state index in [2.05, 4.69) is 0 Å². The lowest BCUT2D eigenvalue weighted by atomic mass is 10.2. The molecule has 0 unspecified atom stereocenters. The average molecular weight is 283 g/mol. The van der Waals surface area contributed by atoms with Gasteiger partial charge in [-0.15, -0.1) is 0 Å². The summed E-state index contributed by atoms with van der Waals surface area (Å²) < 4.78 is 11.5. The van der Waals surface area contributed by atoms with Gasteiger partial charge in [-0.3, -0.25) is 9.36 Å². The molecule has 1 heterocycles. The average Bonchev–Trinajstić information content (AvgIpc) is 2.82. The van der Waals surface area contributed by atoms with Crippen LogP contribution < -0.4 is 5.76 Å². The molecule has 0 fully saturated rings. The van der Waals surface area contributed by atoms with E-state index in [1.54, 1.807) is 24.3 Å². The second-order valence-electron chi connectivity index (χ2n) is 4.57. The molecule has 1 aromatic heterocycles. The molecule has 0 atom stereocenters. The van der Waals surface area contributed by atoms with Gasteiger partial charge in [0, 0.05) is 0 Å². The molecule has 0 radical (unpaired) electrons. The Kier molecular flexibility index (Phi) is 3.55.